The Morgan fingerprint density at radius 1 is 1.21 bits per heavy atom. The van der Waals surface area contributed by atoms with Crippen LogP contribution in [0.5, 0.6) is 0 Å². The fraction of sp³-hybridized carbons (Fsp3) is 0.500. The molecule has 0 fully saturated rings. The van der Waals surface area contributed by atoms with Crippen LogP contribution in [0.1, 0.15) is 50.4 Å². The minimum absolute atomic E-state index is 0.0429. The lowest BCUT2D eigenvalue weighted by atomic mass is 10.1. The van der Waals surface area contributed by atoms with Crippen LogP contribution in [0.25, 0.3) is 0 Å². The number of rotatable bonds is 7. The van der Waals surface area contributed by atoms with Crippen LogP contribution in [-0.2, 0) is 10.0 Å². The van der Waals surface area contributed by atoms with E-state index in [2.05, 4.69) is 4.72 Å². The van der Waals surface area contributed by atoms with Gasteiger partial charge in [-0.2, -0.15) is 0 Å². The Balaban J connectivity index is 2.89. The van der Waals surface area contributed by atoms with Gasteiger partial charge in [0.25, 0.3) is 0 Å². The van der Waals surface area contributed by atoms with Crippen LogP contribution in [-0.4, -0.2) is 20.2 Å². The first-order chi connectivity index (χ1) is 8.90. The Bertz CT molecular complexity index is 520. The second kappa shape index (κ2) is 6.82. The molecule has 0 amide bonds. The molecular weight excluding hydrogens is 262 g/mol. The van der Waals surface area contributed by atoms with Gasteiger partial charge in [0, 0.05) is 18.0 Å². The van der Waals surface area contributed by atoms with Crippen molar-refractivity contribution in [1.29, 1.82) is 0 Å². The summed E-state index contributed by atoms with van der Waals surface area (Å²) in [5, 5.41) is 0. The highest BCUT2D eigenvalue weighted by Crippen LogP contribution is 2.13. The van der Waals surface area contributed by atoms with E-state index in [9.17, 15) is 13.2 Å². The molecule has 1 aromatic carbocycles. The Labute approximate surface area is 115 Å². The highest BCUT2D eigenvalue weighted by molar-refractivity contribution is 7.89. The highest BCUT2D eigenvalue weighted by Gasteiger charge is 2.16. The number of benzene rings is 1. The molecule has 5 heteroatoms. The number of carbonyl (C=O) groups is 1. The van der Waals surface area contributed by atoms with Crippen LogP contribution in [0.15, 0.2) is 29.2 Å². The van der Waals surface area contributed by atoms with Gasteiger partial charge in [-0.05, 0) is 31.9 Å². The number of carbonyl (C=O) groups excluding carboxylic acids is 1. The maximum Gasteiger partial charge on any atom is 0.240 e. The van der Waals surface area contributed by atoms with Crippen molar-refractivity contribution in [3.63, 3.8) is 0 Å². The van der Waals surface area contributed by atoms with E-state index in [1.54, 1.807) is 12.1 Å². The van der Waals surface area contributed by atoms with Gasteiger partial charge in [0.1, 0.15) is 0 Å². The lowest BCUT2D eigenvalue weighted by Crippen LogP contribution is -2.31. The van der Waals surface area contributed by atoms with Crippen LogP contribution in [0.3, 0.4) is 0 Å². The third-order valence-electron chi connectivity index (χ3n) is 2.93. The highest BCUT2D eigenvalue weighted by atomic mass is 32.2. The van der Waals surface area contributed by atoms with Crippen LogP contribution in [0, 0.1) is 0 Å². The quantitative estimate of drug-likeness (QED) is 0.783. The number of hydrogen-bond acceptors (Lipinski definition) is 3. The molecule has 106 valence electrons. The maximum atomic E-state index is 12.0. The molecule has 1 N–H and O–H groups in total. The fourth-order valence-electron chi connectivity index (χ4n) is 1.61. The standard InChI is InChI=1S/C14H21NO3S/c1-4-6-14(16)12-7-9-13(10-8-12)19(17,18)15-11(3)5-2/h7-11,15H,4-6H2,1-3H3. The molecule has 4 nitrogen and oxygen atoms in total. The van der Waals surface area contributed by atoms with Gasteiger partial charge in [0.05, 0.1) is 4.90 Å². The van der Waals surface area contributed by atoms with Crippen molar-refractivity contribution in [2.45, 2.75) is 51.0 Å². The van der Waals surface area contributed by atoms with Crippen LogP contribution >= 0.6 is 0 Å². The lowest BCUT2D eigenvalue weighted by Gasteiger charge is -2.12. The van der Waals surface area contributed by atoms with E-state index in [0.29, 0.717) is 12.0 Å². The van der Waals surface area contributed by atoms with Gasteiger partial charge in [-0.25, -0.2) is 13.1 Å². The van der Waals surface area contributed by atoms with Crippen molar-refractivity contribution >= 4 is 15.8 Å². The average Bonchev–Trinajstić information content (AvgIpc) is 2.38. The number of nitrogens with one attached hydrogen (secondary N) is 1. The summed E-state index contributed by atoms with van der Waals surface area (Å²) in [6.07, 6.45) is 2.00. The number of sulfonamides is 1. The van der Waals surface area contributed by atoms with Crippen molar-refractivity contribution < 1.29 is 13.2 Å². The maximum absolute atomic E-state index is 12.0. The number of ketones is 1. The predicted molar refractivity (Wildman–Crippen MR) is 75.8 cm³/mol. The molecule has 0 heterocycles. The molecule has 1 aromatic rings. The molecule has 0 saturated carbocycles. The SMILES string of the molecule is CCCC(=O)c1ccc(S(=O)(=O)NC(C)CC)cc1. The normalized spacial score (nSPS) is 13.2. The first-order valence-electron chi connectivity index (χ1n) is 6.56. The van der Waals surface area contributed by atoms with Crippen LogP contribution in [0.4, 0.5) is 0 Å². The molecule has 19 heavy (non-hydrogen) atoms. The largest absolute Gasteiger partial charge is 0.294 e. The second-order valence-corrected chi connectivity index (χ2v) is 6.34. The first-order valence-corrected chi connectivity index (χ1v) is 8.04. The van der Waals surface area contributed by atoms with E-state index in [0.717, 1.165) is 12.8 Å². The predicted octanol–water partition coefficient (Wildman–Crippen LogP) is 2.75. The van der Waals surface area contributed by atoms with Crippen molar-refractivity contribution in [2.24, 2.45) is 0 Å². The third kappa shape index (κ3) is 4.44. The van der Waals surface area contributed by atoms with Crippen LogP contribution in [0.2, 0.25) is 0 Å². The van der Waals surface area contributed by atoms with E-state index in [1.807, 2.05) is 20.8 Å². The van der Waals surface area contributed by atoms with Gasteiger partial charge in [-0.15, -0.1) is 0 Å². The summed E-state index contributed by atoms with van der Waals surface area (Å²) in [6.45, 7) is 5.67. The Kier molecular flexibility index (Phi) is 5.69. The monoisotopic (exact) mass is 283 g/mol. The summed E-state index contributed by atoms with van der Waals surface area (Å²) in [7, 11) is -3.49. The molecule has 0 aromatic heterocycles. The van der Waals surface area contributed by atoms with Gasteiger partial charge in [-0.1, -0.05) is 26.0 Å². The van der Waals surface area contributed by atoms with Gasteiger partial charge >= 0.3 is 0 Å². The van der Waals surface area contributed by atoms with E-state index >= 15 is 0 Å². The van der Waals surface area contributed by atoms with Crippen molar-refractivity contribution in [3.05, 3.63) is 29.8 Å². The smallest absolute Gasteiger partial charge is 0.240 e. The zero-order valence-electron chi connectivity index (χ0n) is 11.6. The molecule has 0 spiro atoms. The Morgan fingerprint density at radius 2 is 1.79 bits per heavy atom. The first kappa shape index (κ1) is 15.9. The van der Waals surface area contributed by atoms with Crippen molar-refractivity contribution in [3.8, 4) is 0 Å². The summed E-state index contributed by atoms with van der Waals surface area (Å²) in [6, 6.07) is 6.00. The molecule has 0 aliphatic heterocycles. The minimum Gasteiger partial charge on any atom is -0.294 e. The summed E-state index contributed by atoms with van der Waals surface area (Å²) in [5.41, 5.74) is 0.560. The Morgan fingerprint density at radius 3 is 2.26 bits per heavy atom. The zero-order chi connectivity index (χ0) is 14.5. The van der Waals surface area contributed by atoms with Gasteiger partial charge in [-0.3, -0.25) is 4.79 Å². The number of Topliss-reactive ketones (excluding diaryl/α,β-unsaturated/α-hetero) is 1. The van der Waals surface area contributed by atoms with Gasteiger partial charge in [0.15, 0.2) is 5.78 Å². The summed E-state index contributed by atoms with van der Waals surface area (Å²) in [5.74, 6) is 0.0429. The second-order valence-electron chi connectivity index (χ2n) is 4.63. The molecule has 1 atom stereocenters. The molecule has 0 saturated heterocycles. The third-order valence-corrected chi connectivity index (χ3v) is 4.54. The summed E-state index contributed by atoms with van der Waals surface area (Å²) in [4.78, 5) is 11.9. The van der Waals surface area contributed by atoms with E-state index in [-0.39, 0.29) is 16.7 Å². The lowest BCUT2D eigenvalue weighted by molar-refractivity contribution is 0.0981. The molecule has 0 bridgehead atoms. The van der Waals surface area contributed by atoms with Crippen molar-refractivity contribution in [2.75, 3.05) is 0 Å². The molecule has 0 aliphatic rings. The molecule has 1 unspecified atom stereocenters. The van der Waals surface area contributed by atoms with E-state index < -0.39 is 10.0 Å². The summed E-state index contributed by atoms with van der Waals surface area (Å²) < 4.78 is 26.6. The molecule has 0 radical (unpaired) electrons. The van der Waals surface area contributed by atoms with Gasteiger partial charge in [0.2, 0.25) is 10.0 Å². The molecule has 1 rings (SSSR count). The van der Waals surface area contributed by atoms with E-state index in [1.165, 1.54) is 12.1 Å². The molecule has 0 aliphatic carbocycles. The molecular formula is C14H21NO3S. The summed E-state index contributed by atoms with van der Waals surface area (Å²) >= 11 is 0. The fourth-order valence-corrected chi connectivity index (χ4v) is 2.93. The zero-order valence-corrected chi connectivity index (χ0v) is 12.5. The Hall–Kier alpha value is -1.20. The average molecular weight is 283 g/mol. The van der Waals surface area contributed by atoms with Crippen LogP contribution < -0.4 is 4.72 Å². The minimum atomic E-state index is -3.49. The van der Waals surface area contributed by atoms with Crippen molar-refractivity contribution in [1.82, 2.24) is 4.72 Å². The topological polar surface area (TPSA) is 63.2 Å². The number of hydrogen-bond donors (Lipinski definition) is 1. The van der Waals surface area contributed by atoms with E-state index in [4.69, 9.17) is 0 Å². The van der Waals surface area contributed by atoms with Gasteiger partial charge < -0.3 is 0 Å².